The van der Waals surface area contributed by atoms with Gasteiger partial charge in [0.25, 0.3) is 5.91 Å². The average molecular weight is 399 g/mol. The number of amides is 1. The average Bonchev–Trinajstić information content (AvgIpc) is 3.36. The van der Waals surface area contributed by atoms with E-state index in [-0.39, 0.29) is 17.4 Å². The van der Waals surface area contributed by atoms with Crippen LogP contribution < -0.4 is 4.90 Å². The molecule has 0 atom stereocenters. The minimum absolute atomic E-state index is 0.273. The Kier molecular flexibility index (Phi) is 4.10. The van der Waals surface area contributed by atoms with E-state index in [9.17, 15) is 9.18 Å². The highest BCUT2D eigenvalue weighted by Gasteiger charge is 2.17. The van der Waals surface area contributed by atoms with E-state index in [4.69, 9.17) is 0 Å². The fourth-order valence-corrected chi connectivity index (χ4v) is 3.61. The normalized spacial score (nSPS) is 11.3. The van der Waals surface area contributed by atoms with Crippen molar-refractivity contribution in [3.63, 3.8) is 0 Å². The number of hydrogen-bond donors (Lipinski definition) is 0. The minimum Gasteiger partial charge on any atom is -0.351 e. The van der Waals surface area contributed by atoms with E-state index in [1.807, 2.05) is 23.7 Å². The maximum absolute atomic E-state index is 13.2. The number of carbonyl (C=O) groups excluding carboxylic acids is 1. The molecule has 0 radical (unpaired) electrons. The molecule has 0 saturated carbocycles. The van der Waals surface area contributed by atoms with Crippen LogP contribution in [-0.2, 0) is 7.05 Å². The molecule has 2 aromatic carbocycles. The number of imidazole rings is 1. The first-order valence-electron chi connectivity index (χ1n) is 9.43. The number of aryl methyl sites for hydroxylation is 1. The molecule has 3 aromatic heterocycles. The van der Waals surface area contributed by atoms with E-state index in [2.05, 4.69) is 32.7 Å². The molecular weight excluding hydrogens is 381 g/mol. The number of hydrogen-bond acceptors (Lipinski definition) is 3. The Morgan fingerprint density at radius 1 is 1.03 bits per heavy atom. The number of fused-ring (bicyclic) bond motifs is 2. The molecule has 7 heteroatoms. The quantitative estimate of drug-likeness (QED) is 0.454. The Morgan fingerprint density at radius 2 is 1.83 bits per heavy atom. The van der Waals surface area contributed by atoms with Gasteiger partial charge in [0, 0.05) is 48.6 Å². The lowest BCUT2D eigenvalue weighted by Gasteiger charge is -2.17. The van der Waals surface area contributed by atoms with E-state index >= 15 is 0 Å². The van der Waals surface area contributed by atoms with Crippen molar-refractivity contribution in [2.24, 2.45) is 7.05 Å². The molecule has 0 fully saturated rings. The van der Waals surface area contributed by atoms with E-state index in [0.29, 0.717) is 11.3 Å². The van der Waals surface area contributed by atoms with Crippen LogP contribution in [0.15, 0.2) is 73.3 Å². The van der Waals surface area contributed by atoms with Crippen molar-refractivity contribution in [1.29, 1.82) is 0 Å². The molecule has 5 rings (SSSR count). The van der Waals surface area contributed by atoms with Crippen LogP contribution >= 0.6 is 0 Å². The van der Waals surface area contributed by atoms with Gasteiger partial charge in [0.15, 0.2) is 5.65 Å². The molecule has 0 saturated heterocycles. The smallest absolute Gasteiger partial charge is 0.278 e. The summed E-state index contributed by atoms with van der Waals surface area (Å²) in [5.41, 5.74) is 4.53. The van der Waals surface area contributed by atoms with Crippen LogP contribution in [0, 0.1) is 5.82 Å². The number of anilines is 1. The highest BCUT2D eigenvalue weighted by atomic mass is 19.1. The van der Waals surface area contributed by atoms with Gasteiger partial charge < -0.3 is 9.47 Å². The molecule has 3 heterocycles. The van der Waals surface area contributed by atoms with E-state index < -0.39 is 0 Å². The maximum Gasteiger partial charge on any atom is 0.278 e. The van der Waals surface area contributed by atoms with Gasteiger partial charge in [-0.05, 0) is 42.5 Å². The third-order valence-corrected chi connectivity index (χ3v) is 5.31. The summed E-state index contributed by atoms with van der Waals surface area (Å²) in [6, 6.07) is 14.0. The second kappa shape index (κ2) is 6.81. The maximum atomic E-state index is 13.2. The van der Waals surface area contributed by atoms with E-state index in [1.165, 1.54) is 17.0 Å². The van der Waals surface area contributed by atoms with Crippen LogP contribution in [0.25, 0.3) is 27.8 Å². The Morgan fingerprint density at radius 3 is 2.63 bits per heavy atom. The van der Waals surface area contributed by atoms with Crippen molar-refractivity contribution in [1.82, 2.24) is 18.9 Å². The Hall–Kier alpha value is -4.00. The number of benzene rings is 2. The predicted molar refractivity (Wildman–Crippen MR) is 114 cm³/mol. The van der Waals surface area contributed by atoms with Crippen molar-refractivity contribution < 1.29 is 9.18 Å². The van der Waals surface area contributed by atoms with Gasteiger partial charge in [-0.1, -0.05) is 6.07 Å². The molecule has 0 spiro atoms. The summed E-state index contributed by atoms with van der Waals surface area (Å²) >= 11 is 0. The van der Waals surface area contributed by atoms with E-state index in [0.717, 1.165) is 22.2 Å². The molecule has 30 heavy (non-hydrogen) atoms. The molecule has 6 nitrogen and oxygen atoms in total. The zero-order chi connectivity index (χ0) is 20.8. The highest BCUT2D eigenvalue weighted by Crippen LogP contribution is 2.26. The van der Waals surface area contributed by atoms with Gasteiger partial charge in [-0.25, -0.2) is 14.4 Å². The number of nitrogens with zero attached hydrogens (tertiary/aromatic N) is 5. The van der Waals surface area contributed by atoms with Gasteiger partial charge >= 0.3 is 0 Å². The van der Waals surface area contributed by atoms with Crippen LogP contribution in [-0.4, -0.2) is 31.9 Å². The fraction of sp³-hybridized carbons (Fsp3) is 0.0870. The molecule has 0 N–H and O–H groups in total. The van der Waals surface area contributed by atoms with Crippen molar-refractivity contribution in [2.45, 2.75) is 0 Å². The SMILES string of the molecule is CN(C(=O)c1cn2c(-c3ccc4c(ccn4C)c3)cnc2cn1)c1ccc(F)cc1. The lowest BCUT2D eigenvalue weighted by molar-refractivity contribution is 0.0988. The van der Waals surface area contributed by atoms with E-state index in [1.54, 1.807) is 37.8 Å². The molecule has 0 unspecified atom stereocenters. The van der Waals surface area contributed by atoms with Crippen LogP contribution in [0.2, 0.25) is 0 Å². The van der Waals surface area contributed by atoms with Gasteiger partial charge in [0.1, 0.15) is 11.5 Å². The first-order chi connectivity index (χ1) is 14.5. The summed E-state index contributed by atoms with van der Waals surface area (Å²) in [7, 11) is 3.65. The Labute approximate surface area is 171 Å². The zero-order valence-electron chi connectivity index (χ0n) is 16.5. The van der Waals surface area contributed by atoms with Crippen molar-refractivity contribution >= 4 is 28.1 Å². The number of halogens is 1. The third-order valence-electron chi connectivity index (χ3n) is 5.31. The molecule has 1 amide bonds. The second-order valence-electron chi connectivity index (χ2n) is 7.19. The summed E-state index contributed by atoms with van der Waals surface area (Å²) in [6.45, 7) is 0. The number of aromatic nitrogens is 4. The second-order valence-corrected chi connectivity index (χ2v) is 7.19. The van der Waals surface area contributed by atoms with Crippen LogP contribution in [0.5, 0.6) is 0 Å². The lowest BCUT2D eigenvalue weighted by atomic mass is 10.1. The van der Waals surface area contributed by atoms with Gasteiger partial charge in [-0.2, -0.15) is 0 Å². The van der Waals surface area contributed by atoms with Crippen LogP contribution in [0.4, 0.5) is 10.1 Å². The monoisotopic (exact) mass is 399 g/mol. The minimum atomic E-state index is -0.349. The third kappa shape index (κ3) is 2.91. The van der Waals surface area contributed by atoms with Crippen molar-refractivity contribution in [3.8, 4) is 11.3 Å². The summed E-state index contributed by atoms with van der Waals surface area (Å²) in [4.78, 5) is 23.1. The molecule has 0 aliphatic heterocycles. The molecule has 0 bridgehead atoms. The van der Waals surface area contributed by atoms with Crippen molar-refractivity contribution in [3.05, 3.63) is 84.8 Å². The summed E-state index contributed by atoms with van der Waals surface area (Å²) < 4.78 is 17.1. The molecule has 0 aliphatic rings. The van der Waals surface area contributed by atoms with Gasteiger partial charge in [-0.3, -0.25) is 9.20 Å². The van der Waals surface area contributed by atoms with Gasteiger partial charge in [0.05, 0.1) is 18.1 Å². The van der Waals surface area contributed by atoms with Gasteiger partial charge in [0.2, 0.25) is 0 Å². The Balaban J connectivity index is 1.55. The molecule has 0 aliphatic carbocycles. The fourth-order valence-electron chi connectivity index (χ4n) is 3.61. The summed E-state index contributed by atoms with van der Waals surface area (Å²) in [6.07, 6.45) is 7.07. The van der Waals surface area contributed by atoms with Crippen molar-refractivity contribution in [2.75, 3.05) is 11.9 Å². The summed E-state index contributed by atoms with van der Waals surface area (Å²) in [5.74, 6) is -0.640. The topological polar surface area (TPSA) is 55.4 Å². The first-order valence-corrected chi connectivity index (χ1v) is 9.43. The van der Waals surface area contributed by atoms with Crippen LogP contribution in [0.1, 0.15) is 10.5 Å². The van der Waals surface area contributed by atoms with Gasteiger partial charge in [-0.15, -0.1) is 0 Å². The van der Waals surface area contributed by atoms with Crippen LogP contribution in [0.3, 0.4) is 0 Å². The first kappa shape index (κ1) is 18.1. The summed E-state index contributed by atoms with van der Waals surface area (Å²) in [5, 5.41) is 1.13. The number of carbonyl (C=O) groups is 1. The molecular formula is C23H18FN5O. The number of rotatable bonds is 3. The molecule has 148 valence electrons. The predicted octanol–water partition coefficient (Wildman–Crippen LogP) is 4.30. The lowest BCUT2D eigenvalue weighted by Crippen LogP contribution is -2.27. The molecule has 5 aromatic rings. The Bertz CT molecular complexity index is 1400. The largest absolute Gasteiger partial charge is 0.351 e. The zero-order valence-corrected chi connectivity index (χ0v) is 16.5. The standard InChI is InChI=1S/C23H18FN5O/c1-27-10-9-16-11-15(3-8-20(16)27)21-12-26-22-13-25-19(14-29(21)22)23(30)28(2)18-6-4-17(24)5-7-18/h3-14H,1-2H3. The highest BCUT2D eigenvalue weighted by molar-refractivity contribution is 6.04.